The first-order chi connectivity index (χ1) is 15.5. The quantitative estimate of drug-likeness (QED) is 0.600. The number of hydrogen-bond donors (Lipinski definition) is 2. The van der Waals surface area contributed by atoms with Gasteiger partial charge >= 0.3 is 0 Å². The first kappa shape index (κ1) is 23.5. The van der Waals surface area contributed by atoms with Gasteiger partial charge in [-0.05, 0) is 43.4 Å². The van der Waals surface area contributed by atoms with Crippen molar-refractivity contribution in [3.8, 4) is 6.07 Å². The molecule has 0 saturated heterocycles. The summed E-state index contributed by atoms with van der Waals surface area (Å²) < 4.78 is 67.0. The Labute approximate surface area is 192 Å². The molecule has 0 heterocycles. The minimum absolute atomic E-state index is 0.124. The summed E-state index contributed by atoms with van der Waals surface area (Å²) in [6.45, 7) is 0. The maximum atomic E-state index is 13.5. The highest BCUT2D eigenvalue weighted by atomic mass is 35.5. The number of nitrogens with zero attached hydrogens (tertiary/aromatic N) is 1. The van der Waals surface area contributed by atoms with Gasteiger partial charge in [0.2, 0.25) is 0 Å². The molecule has 2 saturated carbocycles. The van der Waals surface area contributed by atoms with E-state index in [0.29, 0.717) is 25.0 Å². The molecule has 11 heteroatoms. The van der Waals surface area contributed by atoms with E-state index in [9.17, 15) is 31.5 Å². The van der Waals surface area contributed by atoms with Gasteiger partial charge in [0.1, 0.15) is 0 Å². The maximum absolute atomic E-state index is 13.5. The van der Waals surface area contributed by atoms with Gasteiger partial charge in [0.05, 0.1) is 33.3 Å². The predicted molar refractivity (Wildman–Crippen MR) is 113 cm³/mol. The van der Waals surface area contributed by atoms with Crippen LogP contribution in [0.2, 0.25) is 5.02 Å². The number of aliphatic hydroxyl groups is 1. The third kappa shape index (κ3) is 3.98. The second-order valence-electron chi connectivity index (χ2n) is 8.45. The van der Waals surface area contributed by atoms with E-state index >= 15 is 0 Å². The van der Waals surface area contributed by atoms with E-state index in [1.54, 1.807) is 0 Å². The molecule has 0 aromatic heterocycles. The van der Waals surface area contributed by atoms with Crippen LogP contribution in [0, 0.1) is 40.6 Å². The summed E-state index contributed by atoms with van der Waals surface area (Å²) >= 11 is 6.16. The van der Waals surface area contributed by atoms with Crippen LogP contribution >= 0.6 is 11.6 Å². The first-order valence-electron chi connectivity index (χ1n) is 10.1. The lowest BCUT2D eigenvalue weighted by atomic mass is 9.82. The van der Waals surface area contributed by atoms with Gasteiger partial charge in [0, 0.05) is 29.3 Å². The van der Waals surface area contributed by atoms with E-state index in [2.05, 4.69) is 5.32 Å². The number of rotatable bonds is 5. The Morgan fingerprint density at radius 2 is 1.88 bits per heavy atom. The van der Waals surface area contributed by atoms with Crippen LogP contribution in [0.4, 0.5) is 18.9 Å². The molecule has 6 nitrogen and oxygen atoms in total. The summed E-state index contributed by atoms with van der Waals surface area (Å²) in [6, 6.07) is 6.62. The zero-order valence-electron chi connectivity index (χ0n) is 17.0. The summed E-state index contributed by atoms with van der Waals surface area (Å²) in [5, 5.41) is 21.0. The molecule has 174 valence electrons. The molecule has 4 rings (SSSR count). The number of anilines is 1. The van der Waals surface area contributed by atoms with Crippen molar-refractivity contribution in [3.63, 3.8) is 0 Å². The van der Waals surface area contributed by atoms with Gasteiger partial charge in [0.25, 0.3) is 5.91 Å². The van der Waals surface area contributed by atoms with E-state index in [4.69, 9.17) is 16.9 Å². The Morgan fingerprint density at radius 3 is 2.52 bits per heavy atom. The lowest BCUT2D eigenvalue weighted by Crippen LogP contribution is -2.38. The Morgan fingerprint density at radius 1 is 1.21 bits per heavy atom. The molecule has 4 atom stereocenters. The van der Waals surface area contributed by atoms with E-state index in [0.717, 1.165) is 6.07 Å². The van der Waals surface area contributed by atoms with Crippen LogP contribution < -0.4 is 5.32 Å². The van der Waals surface area contributed by atoms with Gasteiger partial charge in [-0.25, -0.2) is 21.6 Å². The topological polar surface area (TPSA) is 107 Å². The molecule has 2 N–H and O–H groups in total. The minimum Gasteiger partial charge on any atom is -0.388 e. The summed E-state index contributed by atoms with van der Waals surface area (Å²) in [4.78, 5) is 12.3. The predicted octanol–water partition coefficient (Wildman–Crippen LogP) is 4.23. The van der Waals surface area contributed by atoms with Gasteiger partial charge in [-0.15, -0.1) is 0 Å². The summed E-state index contributed by atoms with van der Waals surface area (Å²) in [6.07, 6.45) is 1.05. The van der Waals surface area contributed by atoms with Gasteiger partial charge in [-0.1, -0.05) is 11.6 Å². The Bertz CT molecular complexity index is 1270. The Balaban J connectivity index is 1.65. The molecule has 2 aromatic rings. The number of sulfone groups is 1. The van der Waals surface area contributed by atoms with Crippen molar-refractivity contribution >= 4 is 33.0 Å². The third-order valence-corrected chi connectivity index (χ3v) is 9.32. The van der Waals surface area contributed by atoms with E-state index in [1.165, 1.54) is 12.1 Å². The fraction of sp³-hybridized carbons (Fsp3) is 0.364. The molecule has 33 heavy (non-hydrogen) atoms. The molecule has 1 amide bonds. The van der Waals surface area contributed by atoms with Gasteiger partial charge in [-0.2, -0.15) is 5.26 Å². The fourth-order valence-electron chi connectivity index (χ4n) is 5.10. The van der Waals surface area contributed by atoms with Crippen molar-refractivity contribution in [2.24, 2.45) is 11.8 Å². The summed E-state index contributed by atoms with van der Waals surface area (Å²) in [7, 11) is -4.09. The Kier molecular flexibility index (Phi) is 5.93. The standard InChI is InChI=1S/C22H18ClF3N2O4S/c23-15-4-2-11(21(29)28-13-8-16(24)19(26)17(25)9-13)7-18(15)33(31,32)20-12-1-3-14(20)22(30,10-12)5-6-27/h2,4,7-9,12,14,20,30H,1,3,5,10H2,(H,28,29)/t12?,14?,20-,22-/m1/s1. The van der Waals surface area contributed by atoms with Crippen molar-refractivity contribution in [1.82, 2.24) is 0 Å². The van der Waals surface area contributed by atoms with Crippen LogP contribution in [0.1, 0.15) is 36.0 Å². The molecular weight excluding hydrogens is 481 g/mol. The summed E-state index contributed by atoms with van der Waals surface area (Å²) in [5.41, 5.74) is -1.90. The number of amides is 1. The Hall–Kier alpha value is -2.61. The van der Waals surface area contributed by atoms with Crippen LogP contribution in [0.25, 0.3) is 0 Å². The number of nitriles is 1. The van der Waals surface area contributed by atoms with E-state index in [-0.39, 0.29) is 39.9 Å². The van der Waals surface area contributed by atoms with Crippen LogP contribution in [0.5, 0.6) is 0 Å². The molecule has 2 bridgehead atoms. The van der Waals surface area contributed by atoms with Crippen LogP contribution in [0.15, 0.2) is 35.2 Å². The van der Waals surface area contributed by atoms with Gasteiger partial charge < -0.3 is 10.4 Å². The van der Waals surface area contributed by atoms with Crippen molar-refractivity contribution < 1.29 is 31.5 Å². The molecule has 2 aromatic carbocycles. The van der Waals surface area contributed by atoms with Crippen LogP contribution in [-0.2, 0) is 9.84 Å². The van der Waals surface area contributed by atoms with Crippen LogP contribution in [-0.4, -0.2) is 30.3 Å². The highest BCUT2D eigenvalue weighted by molar-refractivity contribution is 7.92. The number of carbonyl (C=O) groups is 1. The third-order valence-electron chi connectivity index (χ3n) is 6.50. The van der Waals surface area contributed by atoms with Gasteiger partial charge in [0.15, 0.2) is 27.3 Å². The zero-order chi connectivity index (χ0) is 24.1. The van der Waals surface area contributed by atoms with E-state index < -0.39 is 50.0 Å². The average molecular weight is 499 g/mol. The normalized spacial score (nSPS) is 26.2. The average Bonchev–Trinajstić information content (AvgIpc) is 3.28. The molecule has 2 aliphatic rings. The highest BCUT2D eigenvalue weighted by Crippen LogP contribution is 2.56. The lowest BCUT2D eigenvalue weighted by Gasteiger charge is -2.30. The largest absolute Gasteiger partial charge is 0.388 e. The molecule has 2 aliphatic carbocycles. The molecular formula is C22H18ClF3N2O4S. The SMILES string of the molecule is N#CC[C@@]1(O)CC2CCC1[C@@H]2S(=O)(=O)c1cc(C(=O)Nc2cc(F)c(F)c(F)c2)ccc1Cl. The van der Waals surface area contributed by atoms with Crippen molar-refractivity contribution in [3.05, 3.63) is 58.4 Å². The van der Waals surface area contributed by atoms with Crippen molar-refractivity contribution in [1.29, 1.82) is 5.26 Å². The lowest BCUT2D eigenvalue weighted by molar-refractivity contribution is -0.00817. The minimum atomic E-state index is -4.09. The number of halogens is 4. The molecule has 0 aliphatic heterocycles. The van der Waals surface area contributed by atoms with Crippen LogP contribution in [0.3, 0.4) is 0 Å². The second-order valence-corrected chi connectivity index (χ2v) is 10.9. The maximum Gasteiger partial charge on any atom is 0.255 e. The number of hydrogen-bond acceptors (Lipinski definition) is 5. The first-order valence-corrected chi connectivity index (χ1v) is 12.0. The van der Waals surface area contributed by atoms with Crippen molar-refractivity contribution in [2.75, 3.05) is 5.32 Å². The number of benzene rings is 2. The monoisotopic (exact) mass is 498 g/mol. The number of fused-ring (bicyclic) bond motifs is 2. The fourth-order valence-corrected chi connectivity index (χ4v) is 8.02. The molecule has 2 fully saturated rings. The number of carbonyl (C=O) groups excluding carboxylic acids is 1. The number of nitrogens with one attached hydrogen (secondary N) is 1. The van der Waals surface area contributed by atoms with E-state index in [1.807, 2.05) is 6.07 Å². The molecule has 0 radical (unpaired) electrons. The van der Waals surface area contributed by atoms with Crippen molar-refractivity contribution in [2.45, 2.75) is 41.4 Å². The summed E-state index contributed by atoms with van der Waals surface area (Å²) in [5.74, 6) is -6.54. The molecule has 2 unspecified atom stereocenters. The molecule has 0 spiro atoms. The zero-order valence-corrected chi connectivity index (χ0v) is 18.6. The highest BCUT2D eigenvalue weighted by Gasteiger charge is 2.61. The smallest absolute Gasteiger partial charge is 0.255 e. The second kappa shape index (κ2) is 8.31. The van der Waals surface area contributed by atoms with Gasteiger partial charge in [-0.3, -0.25) is 4.79 Å².